The van der Waals surface area contributed by atoms with Crippen molar-refractivity contribution >= 4 is 17.1 Å². The van der Waals surface area contributed by atoms with Gasteiger partial charge in [0.15, 0.2) is 0 Å². The van der Waals surface area contributed by atoms with E-state index in [0.29, 0.717) is 11.8 Å². The van der Waals surface area contributed by atoms with E-state index in [1.807, 2.05) is 0 Å². The van der Waals surface area contributed by atoms with Crippen molar-refractivity contribution in [3.63, 3.8) is 0 Å². The third-order valence-electron chi connectivity index (χ3n) is 13.7. The van der Waals surface area contributed by atoms with Gasteiger partial charge in [-0.1, -0.05) is 105 Å². The van der Waals surface area contributed by atoms with Gasteiger partial charge in [0.1, 0.15) is 11.5 Å². The van der Waals surface area contributed by atoms with Crippen molar-refractivity contribution in [3.05, 3.63) is 162 Å². The van der Waals surface area contributed by atoms with Gasteiger partial charge in [0.2, 0.25) is 0 Å². The Labute approximate surface area is 301 Å². The Kier molecular flexibility index (Phi) is 6.23. The topological polar surface area (TPSA) is 12.5 Å². The van der Waals surface area contributed by atoms with Crippen LogP contribution >= 0.6 is 0 Å². The molecular formula is C49H43NO. The molecule has 1 spiro atoms. The van der Waals surface area contributed by atoms with E-state index in [2.05, 4.69) is 158 Å². The highest BCUT2D eigenvalue weighted by atomic mass is 16.5. The van der Waals surface area contributed by atoms with Gasteiger partial charge in [0, 0.05) is 39.0 Å². The summed E-state index contributed by atoms with van der Waals surface area (Å²) in [7, 11) is 0. The number of ether oxygens (including phenoxy) is 1. The second kappa shape index (κ2) is 10.7. The fourth-order valence-corrected chi connectivity index (χ4v) is 11.7. The second-order valence-electron chi connectivity index (χ2n) is 16.6. The van der Waals surface area contributed by atoms with Crippen LogP contribution in [0.1, 0.15) is 68.2 Å². The molecule has 0 atom stereocenters. The molecule has 0 radical (unpaired) electrons. The maximum absolute atomic E-state index is 6.82. The molecule has 0 aromatic heterocycles. The zero-order chi connectivity index (χ0) is 33.9. The lowest BCUT2D eigenvalue weighted by Gasteiger charge is -2.63. The van der Waals surface area contributed by atoms with Crippen molar-refractivity contribution in [1.82, 2.24) is 0 Å². The molecule has 1 heterocycles. The van der Waals surface area contributed by atoms with Crippen molar-refractivity contribution in [1.29, 1.82) is 0 Å². The van der Waals surface area contributed by atoms with Crippen LogP contribution in [-0.2, 0) is 10.8 Å². The van der Waals surface area contributed by atoms with E-state index in [1.54, 1.807) is 0 Å². The molecule has 0 unspecified atom stereocenters. The van der Waals surface area contributed by atoms with E-state index < -0.39 is 0 Å². The van der Waals surface area contributed by atoms with Crippen molar-refractivity contribution in [3.8, 4) is 33.8 Å². The van der Waals surface area contributed by atoms with E-state index in [-0.39, 0.29) is 10.8 Å². The molecule has 4 bridgehead atoms. The number of hydrogen-bond donors (Lipinski definition) is 0. The van der Waals surface area contributed by atoms with Crippen LogP contribution < -0.4 is 9.64 Å². The first-order valence-corrected chi connectivity index (χ1v) is 19.1. The van der Waals surface area contributed by atoms with Crippen LogP contribution in [0.3, 0.4) is 0 Å². The average molecular weight is 662 g/mol. The first-order valence-electron chi connectivity index (χ1n) is 19.1. The maximum Gasteiger partial charge on any atom is 0.131 e. The second-order valence-corrected chi connectivity index (χ2v) is 16.6. The van der Waals surface area contributed by atoms with Gasteiger partial charge in [-0.2, -0.15) is 0 Å². The highest BCUT2D eigenvalue weighted by Gasteiger charge is 2.61. The quantitative estimate of drug-likeness (QED) is 0.186. The molecule has 6 aliphatic rings. The molecule has 6 aromatic rings. The van der Waals surface area contributed by atoms with Gasteiger partial charge >= 0.3 is 0 Å². The molecule has 2 heteroatoms. The fourth-order valence-electron chi connectivity index (χ4n) is 11.7. The molecule has 5 aliphatic carbocycles. The van der Waals surface area contributed by atoms with E-state index >= 15 is 0 Å². The van der Waals surface area contributed by atoms with E-state index in [9.17, 15) is 0 Å². The smallest absolute Gasteiger partial charge is 0.131 e. The number of benzene rings is 6. The minimum Gasteiger partial charge on any atom is -0.457 e. The van der Waals surface area contributed by atoms with Gasteiger partial charge in [-0.15, -0.1) is 0 Å². The Bertz CT molecular complexity index is 2310. The summed E-state index contributed by atoms with van der Waals surface area (Å²) in [6, 6.07) is 52.1. The van der Waals surface area contributed by atoms with Crippen LogP contribution in [0.4, 0.5) is 17.1 Å². The molecule has 4 fully saturated rings. The third kappa shape index (κ3) is 4.17. The minimum atomic E-state index is -0.0807. The molecule has 51 heavy (non-hydrogen) atoms. The SMILES string of the molecule is CC1(C)c2ccccc2-c2ccc(N(c3ccc(-c4ccccc4)cc3)c3ccc4c(c3)C3(c5ccccc5O4)C4CC5CC(C4)CC3C5)cc21. The van der Waals surface area contributed by atoms with Gasteiger partial charge in [-0.05, 0) is 138 Å². The molecule has 250 valence electrons. The molecule has 1 aliphatic heterocycles. The summed E-state index contributed by atoms with van der Waals surface area (Å²) in [4.78, 5) is 2.50. The van der Waals surface area contributed by atoms with Crippen LogP contribution in [-0.4, -0.2) is 0 Å². The van der Waals surface area contributed by atoms with Crippen molar-refractivity contribution in [2.45, 2.75) is 56.8 Å². The minimum absolute atomic E-state index is 0.00197. The number of nitrogens with zero attached hydrogens (tertiary/aromatic N) is 1. The molecule has 6 aromatic carbocycles. The summed E-state index contributed by atoms with van der Waals surface area (Å²) in [6.07, 6.45) is 6.82. The predicted octanol–water partition coefficient (Wildman–Crippen LogP) is 13.0. The lowest BCUT2D eigenvalue weighted by atomic mass is 9.42. The van der Waals surface area contributed by atoms with Gasteiger partial charge in [-0.3, -0.25) is 0 Å². The van der Waals surface area contributed by atoms with E-state index in [0.717, 1.165) is 23.3 Å². The summed E-state index contributed by atoms with van der Waals surface area (Å²) in [5.41, 5.74) is 14.3. The molecule has 12 rings (SSSR count). The monoisotopic (exact) mass is 661 g/mol. The Balaban J connectivity index is 1.10. The first kappa shape index (κ1) is 29.6. The normalized spacial score (nSPS) is 25.5. The molecule has 0 amide bonds. The zero-order valence-corrected chi connectivity index (χ0v) is 29.5. The molecule has 0 saturated heterocycles. The predicted molar refractivity (Wildman–Crippen MR) is 208 cm³/mol. The molecule has 0 N–H and O–H groups in total. The summed E-state index contributed by atoms with van der Waals surface area (Å²) < 4.78 is 6.82. The fraction of sp³-hybridized carbons (Fsp3) is 0.265. The number of anilines is 3. The zero-order valence-electron chi connectivity index (χ0n) is 29.5. The Morgan fingerprint density at radius 1 is 0.471 bits per heavy atom. The van der Waals surface area contributed by atoms with Crippen LogP contribution in [0.15, 0.2) is 140 Å². The van der Waals surface area contributed by atoms with Crippen LogP contribution in [0, 0.1) is 23.7 Å². The number of rotatable bonds is 4. The van der Waals surface area contributed by atoms with Gasteiger partial charge in [0.05, 0.1) is 0 Å². The average Bonchev–Trinajstić information content (AvgIpc) is 3.39. The van der Waals surface area contributed by atoms with Crippen LogP contribution in [0.25, 0.3) is 22.3 Å². The number of para-hydroxylation sites is 1. The Morgan fingerprint density at radius 3 is 1.76 bits per heavy atom. The van der Waals surface area contributed by atoms with Crippen molar-refractivity contribution < 1.29 is 4.74 Å². The maximum atomic E-state index is 6.82. The van der Waals surface area contributed by atoms with E-state index in [4.69, 9.17) is 4.74 Å². The van der Waals surface area contributed by atoms with Crippen LogP contribution in [0.5, 0.6) is 11.5 Å². The van der Waals surface area contributed by atoms with Crippen molar-refractivity contribution in [2.75, 3.05) is 4.90 Å². The molecular weight excluding hydrogens is 619 g/mol. The number of hydrogen-bond acceptors (Lipinski definition) is 2. The summed E-state index contributed by atoms with van der Waals surface area (Å²) in [5.74, 6) is 5.21. The highest BCUT2D eigenvalue weighted by Crippen LogP contribution is 2.69. The third-order valence-corrected chi connectivity index (χ3v) is 13.7. The van der Waals surface area contributed by atoms with Gasteiger partial charge < -0.3 is 9.64 Å². The Morgan fingerprint density at radius 2 is 1.02 bits per heavy atom. The summed E-state index contributed by atoms with van der Waals surface area (Å²) in [6.45, 7) is 4.76. The highest BCUT2D eigenvalue weighted by molar-refractivity contribution is 5.86. The van der Waals surface area contributed by atoms with Crippen LogP contribution in [0.2, 0.25) is 0 Å². The molecule has 2 nitrogen and oxygen atoms in total. The summed E-state index contributed by atoms with van der Waals surface area (Å²) in [5, 5.41) is 0. The van der Waals surface area contributed by atoms with Gasteiger partial charge in [0.25, 0.3) is 0 Å². The Hall–Kier alpha value is -5.08. The largest absolute Gasteiger partial charge is 0.457 e. The molecule has 4 saturated carbocycles. The van der Waals surface area contributed by atoms with Crippen molar-refractivity contribution in [2.24, 2.45) is 23.7 Å². The lowest BCUT2D eigenvalue weighted by Crippen LogP contribution is -2.57. The van der Waals surface area contributed by atoms with E-state index in [1.165, 1.54) is 93.7 Å². The first-order chi connectivity index (χ1) is 25.0. The standard InChI is InChI=1S/C49H43NO/c1-48(2)42-13-7-6-12-40(42)41-22-20-38(29-44(41)48)50(37-18-16-34(17-19-37)33-10-4-3-5-11-33)39-21-23-47-45(30-39)49(43-14-8-9-15-46(43)51-47)35-25-31-24-32(27-35)28-36(49)26-31/h3-23,29-32,35-36H,24-28H2,1-2H3. The number of fused-ring (bicyclic) bond motifs is 5. The van der Waals surface area contributed by atoms with Gasteiger partial charge in [-0.25, -0.2) is 0 Å². The summed E-state index contributed by atoms with van der Waals surface area (Å²) >= 11 is 0. The lowest BCUT2D eigenvalue weighted by molar-refractivity contribution is -0.0452.